The Labute approximate surface area is 146 Å². The first-order chi connectivity index (χ1) is 7.09. The number of aryl methyl sites for hydroxylation is 1. The number of benzene rings is 1. The molecule has 0 aliphatic rings. The molecule has 0 amide bonds. The van der Waals surface area contributed by atoms with Crippen LogP contribution in [-0.2, 0) is 11.2 Å². The first kappa shape index (κ1) is 16.5. The van der Waals surface area contributed by atoms with Gasteiger partial charge in [-0.05, 0) is 36.3 Å². The molecule has 0 fully saturated rings. The number of aliphatic carboxylic acids is 1. The van der Waals surface area contributed by atoms with Gasteiger partial charge in [0.2, 0.25) is 0 Å². The maximum Gasteiger partial charge on any atom is 1.00 e. The number of carbonyl (C=O) groups is 1. The zero-order valence-electron chi connectivity index (χ0n) is 10.3. The van der Waals surface area contributed by atoms with Crippen molar-refractivity contribution in [3.05, 3.63) is 35.4 Å². The summed E-state index contributed by atoms with van der Waals surface area (Å²) < 4.78 is 0. The summed E-state index contributed by atoms with van der Waals surface area (Å²) in [6.45, 7) is 4.31. The van der Waals surface area contributed by atoms with Gasteiger partial charge in [-0.15, -0.1) is 0 Å². The molecule has 0 radical (unpaired) electrons. The topological polar surface area (TPSA) is 40.1 Å². The van der Waals surface area contributed by atoms with Gasteiger partial charge in [-0.3, -0.25) is 0 Å². The third kappa shape index (κ3) is 6.28. The molecule has 16 heavy (non-hydrogen) atoms. The van der Waals surface area contributed by atoms with Crippen molar-refractivity contribution in [3.8, 4) is 0 Å². The van der Waals surface area contributed by atoms with Gasteiger partial charge in [0.15, 0.2) is 0 Å². The summed E-state index contributed by atoms with van der Waals surface area (Å²) in [4.78, 5) is 10.3. The summed E-state index contributed by atoms with van der Waals surface area (Å²) >= 11 is 0. The van der Waals surface area contributed by atoms with Crippen molar-refractivity contribution >= 4 is 5.97 Å². The van der Waals surface area contributed by atoms with Gasteiger partial charge in [-0.1, -0.05) is 38.1 Å². The van der Waals surface area contributed by atoms with Crippen LogP contribution in [0.4, 0.5) is 0 Å². The quantitative estimate of drug-likeness (QED) is 0.690. The smallest absolute Gasteiger partial charge is 0.550 e. The van der Waals surface area contributed by atoms with Crippen LogP contribution in [-0.4, -0.2) is 5.97 Å². The standard InChI is InChI=1S/C13H18O2.Rb/c1-10(2)12-7-3-5-11(9-12)6-4-8-13(14)15;/h3,5,7,9-10H,4,6,8H2,1-2H3,(H,14,15);/q;+1/p-1. The Bertz CT molecular complexity index is 334. The molecule has 1 aromatic carbocycles. The van der Waals surface area contributed by atoms with Crippen LogP contribution in [0.5, 0.6) is 0 Å². The van der Waals surface area contributed by atoms with Gasteiger partial charge in [0.1, 0.15) is 0 Å². The van der Waals surface area contributed by atoms with E-state index in [4.69, 9.17) is 0 Å². The average Bonchev–Trinajstić information content (AvgIpc) is 2.17. The monoisotopic (exact) mass is 290 g/mol. The Morgan fingerprint density at radius 2 is 2.06 bits per heavy atom. The number of hydrogen-bond donors (Lipinski definition) is 0. The second kappa shape index (κ2) is 8.57. The number of rotatable bonds is 5. The van der Waals surface area contributed by atoms with Crippen LogP contribution in [0.25, 0.3) is 0 Å². The minimum Gasteiger partial charge on any atom is -0.550 e. The maximum absolute atomic E-state index is 10.3. The average molecular weight is 291 g/mol. The molecule has 82 valence electrons. The Morgan fingerprint density at radius 3 is 2.62 bits per heavy atom. The molecule has 0 aliphatic carbocycles. The molecule has 1 rings (SSSR count). The Kier molecular flexibility index (Phi) is 8.83. The molecular formula is C13H17O2Rb. The van der Waals surface area contributed by atoms with Crippen LogP contribution in [0, 0.1) is 0 Å². The number of carboxylic acid groups (broad SMARTS) is 1. The summed E-state index contributed by atoms with van der Waals surface area (Å²) in [7, 11) is 0. The Balaban J connectivity index is 0.00000225. The predicted molar refractivity (Wildman–Crippen MR) is 58.5 cm³/mol. The van der Waals surface area contributed by atoms with E-state index in [2.05, 4.69) is 26.0 Å². The van der Waals surface area contributed by atoms with Gasteiger partial charge in [-0.2, -0.15) is 0 Å². The zero-order valence-corrected chi connectivity index (χ0v) is 15.2. The molecule has 0 aliphatic heterocycles. The van der Waals surface area contributed by atoms with Crippen molar-refractivity contribution in [1.29, 1.82) is 0 Å². The van der Waals surface area contributed by atoms with E-state index in [0.29, 0.717) is 12.3 Å². The van der Waals surface area contributed by atoms with Crippen molar-refractivity contribution in [2.75, 3.05) is 0 Å². The van der Waals surface area contributed by atoms with E-state index in [0.717, 1.165) is 6.42 Å². The summed E-state index contributed by atoms with van der Waals surface area (Å²) in [6.07, 6.45) is 1.62. The number of hydrogen-bond acceptors (Lipinski definition) is 2. The molecule has 0 spiro atoms. The molecule has 0 atom stereocenters. The van der Waals surface area contributed by atoms with E-state index >= 15 is 0 Å². The van der Waals surface area contributed by atoms with E-state index in [1.165, 1.54) is 11.1 Å². The molecule has 0 aromatic heterocycles. The van der Waals surface area contributed by atoms with Gasteiger partial charge in [0.25, 0.3) is 0 Å². The van der Waals surface area contributed by atoms with E-state index in [-0.39, 0.29) is 64.6 Å². The van der Waals surface area contributed by atoms with Crippen LogP contribution in [0.2, 0.25) is 0 Å². The Hall–Kier alpha value is 0.495. The molecule has 0 heterocycles. The molecule has 0 saturated carbocycles. The van der Waals surface area contributed by atoms with Crippen molar-refractivity contribution in [1.82, 2.24) is 0 Å². The minimum absolute atomic E-state index is 0. The third-order valence-corrected chi connectivity index (χ3v) is 2.46. The molecule has 0 N–H and O–H groups in total. The summed E-state index contributed by atoms with van der Waals surface area (Å²) in [5.74, 6) is -0.443. The van der Waals surface area contributed by atoms with Gasteiger partial charge in [0, 0.05) is 5.97 Å². The summed E-state index contributed by atoms with van der Waals surface area (Å²) in [5, 5.41) is 10.3. The van der Waals surface area contributed by atoms with E-state index in [1.54, 1.807) is 0 Å². The number of carboxylic acids is 1. The van der Waals surface area contributed by atoms with Crippen LogP contribution >= 0.6 is 0 Å². The number of carbonyl (C=O) groups excluding carboxylic acids is 1. The second-order valence-electron chi connectivity index (χ2n) is 4.13. The fraction of sp³-hybridized carbons (Fsp3) is 0.462. The zero-order chi connectivity index (χ0) is 11.3. The fourth-order valence-electron chi connectivity index (χ4n) is 1.54. The third-order valence-electron chi connectivity index (χ3n) is 2.46. The van der Waals surface area contributed by atoms with Gasteiger partial charge < -0.3 is 9.90 Å². The molecule has 1 aromatic rings. The van der Waals surface area contributed by atoms with Gasteiger partial charge in [-0.25, -0.2) is 0 Å². The molecule has 0 bridgehead atoms. The van der Waals surface area contributed by atoms with Crippen LogP contribution in [0.3, 0.4) is 0 Å². The second-order valence-corrected chi connectivity index (χ2v) is 4.13. The predicted octanol–water partition coefficient (Wildman–Crippen LogP) is -1.11. The first-order valence-corrected chi connectivity index (χ1v) is 5.38. The van der Waals surface area contributed by atoms with Gasteiger partial charge >= 0.3 is 58.2 Å². The SMILES string of the molecule is CC(C)c1cccc(CCCC(=O)[O-])c1.[Rb+]. The molecule has 3 heteroatoms. The molecular weight excluding hydrogens is 274 g/mol. The molecule has 2 nitrogen and oxygen atoms in total. The van der Waals surface area contributed by atoms with Crippen molar-refractivity contribution < 1.29 is 68.1 Å². The van der Waals surface area contributed by atoms with Gasteiger partial charge in [0.05, 0.1) is 0 Å². The Morgan fingerprint density at radius 1 is 1.38 bits per heavy atom. The molecule has 0 unspecified atom stereocenters. The largest absolute Gasteiger partial charge is 1.00 e. The maximum atomic E-state index is 10.3. The van der Waals surface area contributed by atoms with E-state index in [1.807, 2.05) is 12.1 Å². The van der Waals surface area contributed by atoms with Crippen molar-refractivity contribution in [2.24, 2.45) is 0 Å². The van der Waals surface area contributed by atoms with Crippen LogP contribution < -0.4 is 63.3 Å². The minimum atomic E-state index is -0.963. The van der Waals surface area contributed by atoms with E-state index < -0.39 is 5.97 Å². The van der Waals surface area contributed by atoms with Crippen LogP contribution in [0.1, 0.15) is 43.7 Å². The van der Waals surface area contributed by atoms with E-state index in [9.17, 15) is 9.90 Å². The van der Waals surface area contributed by atoms with Crippen LogP contribution in [0.15, 0.2) is 24.3 Å². The first-order valence-electron chi connectivity index (χ1n) is 5.38. The summed E-state index contributed by atoms with van der Waals surface area (Å²) in [6, 6.07) is 8.33. The normalized spacial score (nSPS) is 9.94. The van der Waals surface area contributed by atoms with Crippen molar-refractivity contribution in [2.45, 2.75) is 39.0 Å². The summed E-state index contributed by atoms with van der Waals surface area (Å²) in [5.41, 5.74) is 2.52. The van der Waals surface area contributed by atoms with Crippen molar-refractivity contribution in [3.63, 3.8) is 0 Å². The molecule has 0 saturated heterocycles. The fourth-order valence-corrected chi connectivity index (χ4v) is 1.54.